The maximum Gasteiger partial charge on any atom is 0.407 e. The third-order valence-corrected chi connectivity index (χ3v) is 4.16. The van der Waals surface area contributed by atoms with Crippen LogP contribution in [0.1, 0.15) is 45.8 Å². The number of rotatable bonds is 5. The molecule has 1 saturated carbocycles. The lowest BCUT2D eigenvalue weighted by atomic mass is 10.0. The van der Waals surface area contributed by atoms with Crippen LogP contribution in [0.3, 0.4) is 0 Å². The van der Waals surface area contributed by atoms with E-state index in [2.05, 4.69) is 26.6 Å². The van der Waals surface area contributed by atoms with Crippen LogP contribution in [-0.2, 0) is 11.3 Å². The van der Waals surface area contributed by atoms with Crippen molar-refractivity contribution in [3.63, 3.8) is 0 Å². The maximum atomic E-state index is 11.7. The van der Waals surface area contributed by atoms with E-state index in [9.17, 15) is 4.79 Å². The molecule has 1 fully saturated rings. The lowest BCUT2D eigenvalue weighted by Crippen LogP contribution is -2.40. The number of alkyl carbamates (subject to hydrolysis) is 1. The molecule has 1 amide bonds. The molecule has 5 nitrogen and oxygen atoms in total. The highest BCUT2D eigenvalue weighted by atomic mass is 79.9. The van der Waals surface area contributed by atoms with Gasteiger partial charge in [-0.1, -0.05) is 6.42 Å². The number of nitrogens with one attached hydrogen (secondary N) is 2. The van der Waals surface area contributed by atoms with E-state index in [1.807, 2.05) is 32.9 Å². The molecule has 124 valence electrons. The van der Waals surface area contributed by atoms with Gasteiger partial charge in [-0.25, -0.2) is 4.79 Å². The van der Waals surface area contributed by atoms with E-state index in [1.165, 1.54) is 6.42 Å². The van der Waals surface area contributed by atoms with E-state index >= 15 is 0 Å². The molecule has 2 unspecified atom stereocenters. The zero-order valence-corrected chi connectivity index (χ0v) is 15.0. The first-order valence-electron chi connectivity index (χ1n) is 7.78. The van der Waals surface area contributed by atoms with Gasteiger partial charge < -0.3 is 19.8 Å². The van der Waals surface area contributed by atoms with Gasteiger partial charge in [0.05, 0.1) is 6.54 Å². The fraction of sp³-hybridized carbons (Fsp3) is 0.688. The highest BCUT2D eigenvalue weighted by Crippen LogP contribution is 2.26. The number of amides is 1. The highest BCUT2D eigenvalue weighted by molar-refractivity contribution is 9.10. The number of furan rings is 1. The van der Waals surface area contributed by atoms with Crippen LogP contribution in [0.25, 0.3) is 0 Å². The molecule has 6 heteroatoms. The summed E-state index contributed by atoms with van der Waals surface area (Å²) in [6.07, 6.45) is 3.09. The first-order valence-corrected chi connectivity index (χ1v) is 8.57. The quantitative estimate of drug-likeness (QED) is 0.824. The summed E-state index contributed by atoms with van der Waals surface area (Å²) in [6.45, 7) is 6.96. The second-order valence-electron chi connectivity index (χ2n) is 6.77. The van der Waals surface area contributed by atoms with Gasteiger partial charge in [-0.05, 0) is 67.6 Å². The molecule has 0 saturated heterocycles. The summed E-state index contributed by atoms with van der Waals surface area (Å²) in [5.74, 6) is 1.35. The van der Waals surface area contributed by atoms with Crippen LogP contribution in [-0.4, -0.2) is 24.3 Å². The topological polar surface area (TPSA) is 63.5 Å². The number of ether oxygens (including phenoxy) is 1. The molecule has 0 bridgehead atoms. The minimum absolute atomic E-state index is 0.340. The van der Waals surface area contributed by atoms with Gasteiger partial charge in [0.2, 0.25) is 0 Å². The normalized spacial score (nSPS) is 21.8. The molecule has 1 aliphatic rings. The van der Waals surface area contributed by atoms with Crippen LogP contribution in [0, 0.1) is 5.92 Å². The second-order valence-corrected chi connectivity index (χ2v) is 7.55. The van der Waals surface area contributed by atoms with E-state index in [-0.39, 0.29) is 6.09 Å². The minimum Gasteiger partial charge on any atom is -0.453 e. The van der Waals surface area contributed by atoms with Crippen molar-refractivity contribution in [2.24, 2.45) is 5.92 Å². The standard InChI is InChI=1S/C16H25BrN2O3/c1-16(2,3)22-15(20)19-9-11-5-4-6-13(11)18-10-12-7-8-14(17)21-12/h7-8,11,13,18H,4-6,9-10H2,1-3H3,(H,19,20). The fourth-order valence-electron chi connectivity index (χ4n) is 2.76. The van der Waals surface area contributed by atoms with E-state index in [1.54, 1.807) is 0 Å². The Kier molecular flexibility index (Phi) is 5.92. The largest absolute Gasteiger partial charge is 0.453 e. The van der Waals surface area contributed by atoms with Crippen LogP contribution >= 0.6 is 15.9 Å². The van der Waals surface area contributed by atoms with Gasteiger partial charge in [0.15, 0.2) is 4.67 Å². The van der Waals surface area contributed by atoms with Crippen LogP contribution in [0.15, 0.2) is 21.2 Å². The Morgan fingerprint density at radius 2 is 2.18 bits per heavy atom. The Hall–Kier alpha value is -1.01. The van der Waals surface area contributed by atoms with E-state index in [0.717, 1.165) is 23.3 Å². The molecule has 2 rings (SSSR count). The molecule has 1 aromatic rings. The molecule has 2 atom stereocenters. The zero-order chi connectivity index (χ0) is 16.2. The van der Waals surface area contributed by atoms with Crippen molar-refractivity contribution in [3.05, 3.63) is 22.6 Å². The first-order chi connectivity index (χ1) is 10.3. The third-order valence-electron chi connectivity index (χ3n) is 3.73. The van der Waals surface area contributed by atoms with Crippen LogP contribution < -0.4 is 10.6 Å². The predicted molar refractivity (Wildman–Crippen MR) is 88.6 cm³/mol. The summed E-state index contributed by atoms with van der Waals surface area (Å²) in [4.78, 5) is 11.7. The summed E-state index contributed by atoms with van der Waals surface area (Å²) in [5, 5.41) is 6.41. The predicted octanol–water partition coefficient (Wildman–Crippen LogP) is 3.83. The Bertz CT molecular complexity index is 496. The number of hydrogen-bond acceptors (Lipinski definition) is 4. The molecular weight excluding hydrogens is 348 g/mol. The fourth-order valence-corrected chi connectivity index (χ4v) is 3.10. The number of hydrogen-bond donors (Lipinski definition) is 2. The average molecular weight is 373 g/mol. The average Bonchev–Trinajstić information content (AvgIpc) is 3.00. The SMILES string of the molecule is CC(C)(C)OC(=O)NCC1CCCC1NCc1ccc(Br)o1. The monoisotopic (exact) mass is 372 g/mol. The molecule has 2 N–H and O–H groups in total. The highest BCUT2D eigenvalue weighted by Gasteiger charge is 2.28. The smallest absolute Gasteiger partial charge is 0.407 e. The summed E-state index contributed by atoms with van der Waals surface area (Å²) in [7, 11) is 0. The van der Waals surface area contributed by atoms with Gasteiger partial charge in [0.1, 0.15) is 11.4 Å². The summed E-state index contributed by atoms with van der Waals surface area (Å²) < 4.78 is 11.5. The van der Waals surface area contributed by atoms with Crippen molar-refractivity contribution in [2.45, 2.75) is 58.2 Å². The Labute approximate surface area is 140 Å². The lowest BCUT2D eigenvalue weighted by Gasteiger charge is -2.23. The Morgan fingerprint density at radius 1 is 1.41 bits per heavy atom. The number of carbonyl (C=O) groups excluding carboxylic acids is 1. The maximum absolute atomic E-state index is 11.7. The first kappa shape index (κ1) is 17.3. The van der Waals surface area contributed by atoms with Crippen molar-refractivity contribution < 1.29 is 13.9 Å². The van der Waals surface area contributed by atoms with Gasteiger partial charge >= 0.3 is 6.09 Å². The van der Waals surface area contributed by atoms with Crippen molar-refractivity contribution in [3.8, 4) is 0 Å². The van der Waals surface area contributed by atoms with Crippen molar-refractivity contribution >= 4 is 22.0 Å². The molecule has 22 heavy (non-hydrogen) atoms. The summed E-state index contributed by atoms with van der Waals surface area (Å²) in [6, 6.07) is 4.26. The van der Waals surface area contributed by atoms with Gasteiger partial charge in [-0.2, -0.15) is 0 Å². The molecule has 1 heterocycles. The van der Waals surface area contributed by atoms with E-state index in [0.29, 0.717) is 25.0 Å². The van der Waals surface area contributed by atoms with E-state index < -0.39 is 5.60 Å². The molecular formula is C16H25BrN2O3. The zero-order valence-electron chi connectivity index (χ0n) is 13.4. The van der Waals surface area contributed by atoms with Crippen LogP contribution in [0.4, 0.5) is 4.79 Å². The minimum atomic E-state index is -0.454. The van der Waals surface area contributed by atoms with Crippen LogP contribution in [0.5, 0.6) is 0 Å². The summed E-state index contributed by atoms with van der Waals surface area (Å²) >= 11 is 3.31. The Morgan fingerprint density at radius 3 is 2.82 bits per heavy atom. The number of carbonyl (C=O) groups is 1. The molecule has 0 radical (unpaired) electrons. The second kappa shape index (κ2) is 7.51. The number of halogens is 1. The van der Waals surface area contributed by atoms with Crippen molar-refractivity contribution in [1.82, 2.24) is 10.6 Å². The Balaban J connectivity index is 1.74. The van der Waals surface area contributed by atoms with Gasteiger partial charge in [0, 0.05) is 12.6 Å². The molecule has 1 aliphatic carbocycles. The van der Waals surface area contributed by atoms with Crippen LogP contribution in [0.2, 0.25) is 0 Å². The summed E-state index contributed by atoms with van der Waals surface area (Å²) in [5.41, 5.74) is -0.454. The van der Waals surface area contributed by atoms with E-state index in [4.69, 9.17) is 9.15 Å². The molecule has 0 aliphatic heterocycles. The molecule has 1 aromatic heterocycles. The molecule has 0 aromatic carbocycles. The third kappa shape index (κ3) is 5.65. The lowest BCUT2D eigenvalue weighted by molar-refractivity contribution is 0.0517. The van der Waals surface area contributed by atoms with Gasteiger partial charge in [-0.15, -0.1) is 0 Å². The van der Waals surface area contributed by atoms with Crippen molar-refractivity contribution in [1.29, 1.82) is 0 Å². The molecule has 0 spiro atoms. The van der Waals surface area contributed by atoms with Crippen molar-refractivity contribution in [2.75, 3.05) is 6.54 Å². The van der Waals surface area contributed by atoms with Gasteiger partial charge in [-0.3, -0.25) is 0 Å². The van der Waals surface area contributed by atoms with Gasteiger partial charge in [0.25, 0.3) is 0 Å².